The average molecular weight is 460 g/mol. The average Bonchev–Trinajstić information content (AvgIpc) is 2.55. The largest absolute Gasteiger partial charge is 0.459 e. The Labute approximate surface area is 154 Å². The highest BCUT2D eigenvalue weighted by atomic mass is 19.4. The summed E-state index contributed by atoms with van der Waals surface area (Å²) in [5.41, 5.74) is 0. The Morgan fingerprint density at radius 1 is 0.621 bits per heavy atom. The van der Waals surface area contributed by atoms with Gasteiger partial charge in [0, 0.05) is 12.8 Å². The third-order valence-electron chi connectivity index (χ3n) is 2.93. The molecule has 172 valence electrons. The van der Waals surface area contributed by atoms with E-state index < -0.39 is 81.0 Å². The van der Waals surface area contributed by atoms with Crippen LogP contribution in [0, 0.1) is 0 Å². The van der Waals surface area contributed by atoms with Crippen LogP contribution in [-0.2, 0) is 19.1 Å². The van der Waals surface area contributed by atoms with E-state index in [9.17, 15) is 62.3 Å². The molecule has 0 saturated carbocycles. The highest BCUT2D eigenvalue weighted by Gasteiger charge is 2.58. The van der Waals surface area contributed by atoms with Crippen LogP contribution in [0.1, 0.15) is 19.3 Å². The van der Waals surface area contributed by atoms with Crippen molar-refractivity contribution in [2.45, 2.75) is 55.8 Å². The van der Waals surface area contributed by atoms with Gasteiger partial charge in [0.25, 0.3) is 12.3 Å². The predicted octanol–water partition coefficient (Wildman–Crippen LogP) is 4.31. The van der Waals surface area contributed by atoms with Gasteiger partial charge in [-0.3, -0.25) is 9.59 Å². The normalized spacial score (nSPS) is 15.6. The Bertz CT molecular complexity index is 509. The van der Waals surface area contributed by atoms with Crippen LogP contribution in [-0.4, -0.2) is 61.7 Å². The minimum Gasteiger partial charge on any atom is -0.459 e. The zero-order valence-corrected chi connectivity index (χ0v) is 13.9. The van der Waals surface area contributed by atoms with Crippen molar-refractivity contribution in [2.24, 2.45) is 0 Å². The van der Waals surface area contributed by atoms with Crippen molar-refractivity contribution in [3.63, 3.8) is 0 Å². The molecule has 0 saturated heterocycles. The first-order chi connectivity index (χ1) is 12.8. The molecule has 16 heteroatoms. The summed E-state index contributed by atoms with van der Waals surface area (Å²) in [6.45, 7) is -4.56. The van der Waals surface area contributed by atoms with Gasteiger partial charge in [0.15, 0.2) is 13.2 Å². The first-order valence-corrected chi connectivity index (χ1v) is 7.29. The van der Waals surface area contributed by atoms with Crippen LogP contribution in [0.5, 0.6) is 0 Å². The van der Waals surface area contributed by atoms with Gasteiger partial charge in [-0.15, -0.1) is 0 Å². The van der Waals surface area contributed by atoms with Gasteiger partial charge < -0.3 is 9.47 Å². The zero-order chi connectivity index (χ0) is 23.3. The van der Waals surface area contributed by atoms with E-state index >= 15 is 0 Å². The molecule has 0 spiro atoms. The second-order valence-electron chi connectivity index (χ2n) is 5.51. The third-order valence-corrected chi connectivity index (χ3v) is 2.93. The number of rotatable bonds is 10. The molecular formula is C13H12F12O4. The molecule has 0 aliphatic carbocycles. The maximum Gasteiger partial charge on any atom is 0.425 e. The van der Waals surface area contributed by atoms with Crippen molar-refractivity contribution < 1.29 is 71.7 Å². The Hall–Kier alpha value is -1.90. The maximum atomic E-state index is 12.9. The number of ether oxygens (including phenoxy) is 2. The van der Waals surface area contributed by atoms with Gasteiger partial charge in [-0.1, -0.05) is 0 Å². The lowest BCUT2D eigenvalue weighted by Gasteiger charge is -2.22. The summed E-state index contributed by atoms with van der Waals surface area (Å²) in [6.07, 6.45) is -23.6. The molecule has 0 fully saturated rings. The molecule has 2 atom stereocenters. The molecule has 0 aromatic heterocycles. The monoisotopic (exact) mass is 460 g/mol. The van der Waals surface area contributed by atoms with E-state index in [0.717, 1.165) is 0 Å². The van der Waals surface area contributed by atoms with E-state index in [2.05, 4.69) is 9.47 Å². The Balaban J connectivity index is 4.30. The number of hydrogen-bond donors (Lipinski definition) is 0. The van der Waals surface area contributed by atoms with Crippen LogP contribution in [0.4, 0.5) is 52.7 Å². The van der Waals surface area contributed by atoms with Gasteiger partial charge in [0.1, 0.15) is 0 Å². The molecule has 2 unspecified atom stereocenters. The van der Waals surface area contributed by atoms with Crippen molar-refractivity contribution in [3.8, 4) is 0 Å². The lowest BCUT2D eigenvalue weighted by Crippen LogP contribution is -2.45. The molecule has 0 aromatic rings. The number of alkyl halides is 12. The number of halogens is 12. The minimum absolute atomic E-state index is 0.661. The van der Waals surface area contributed by atoms with Crippen molar-refractivity contribution in [2.75, 3.05) is 13.2 Å². The summed E-state index contributed by atoms with van der Waals surface area (Å²) in [4.78, 5) is 22.1. The summed E-state index contributed by atoms with van der Waals surface area (Å²) >= 11 is 0. The molecule has 0 rings (SSSR count). The van der Waals surface area contributed by atoms with Crippen molar-refractivity contribution in [3.05, 3.63) is 0 Å². The van der Waals surface area contributed by atoms with E-state index in [4.69, 9.17) is 0 Å². The minimum atomic E-state index is -5.92. The van der Waals surface area contributed by atoms with Crippen LogP contribution >= 0.6 is 0 Å². The van der Waals surface area contributed by atoms with Gasteiger partial charge in [-0.2, -0.15) is 43.9 Å². The second kappa shape index (κ2) is 9.73. The van der Waals surface area contributed by atoms with Gasteiger partial charge in [0.2, 0.25) is 0 Å². The maximum absolute atomic E-state index is 12.9. The van der Waals surface area contributed by atoms with Crippen molar-refractivity contribution >= 4 is 11.9 Å². The lowest BCUT2D eigenvalue weighted by atomic mass is 10.2. The van der Waals surface area contributed by atoms with E-state index in [1.54, 1.807) is 0 Å². The number of esters is 2. The molecule has 0 amide bonds. The van der Waals surface area contributed by atoms with Gasteiger partial charge >= 0.3 is 36.1 Å². The summed E-state index contributed by atoms with van der Waals surface area (Å²) in [5.74, 6) is -13.4. The SMILES string of the molecule is O=C(CCCC(=O)OCC(F)(F)C(F)C(F)(F)F)OCC(F)(F)C(F)C(F)(F)F. The molecule has 0 aromatic carbocycles. The smallest absolute Gasteiger partial charge is 0.425 e. The quantitative estimate of drug-likeness (QED) is 0.360. The highest BCUT2D eigenvalue weighted by Crippen LogP contribution is 2.36. The van der Waals surface area contributed by atoms with Crippen LogP contribution in [0.3, 0.4) is 0 Å². The topological polar surface area (TPSA) is 52.6 Å². The molecule has 0 aliphatic heterocycles. The summed E-state index contributed by atoms with van der Waals surface area (Å²) in [7, 11) is 0. The number of hydrogen-bond acceptors (Lipinski definition) is 4. The van der Waals surface area contributed by atoms with Crippen LogP contribution in [0.2, 0.25) is 0 Å². The Morgan fingerprint density at radius 3 is 1.14 bits per heavy atom. The Kier molecular flexibility index (Phi) is 9.10. The summed E-state index contributed by atoms with van der Waals surface area (Å²) in [5, 5.41) is 0. The van der Waals surface area contributed by atoms with E-state index in [0.29, 0.717) is 0 Å². The molecule has 0 bridgehead atoms. The van der Waals surface area contributed by atoms with Crippen molar-refractivity contribution in [1.29, 1.82) is 0 Å². The fourth-order valence-corrected chi connectivity index (χ4v) is 1.50. The first-order valence-electron chi connectivity index (χ1n) is 7.29. The van der Waals surface area contributed by atoms with E-state index in [1.165, 1.54) is 0 Å². The molecule has 0 heterocycles. The molecule has 0 radical (unpaired) electrons. The molecule has 0 aliphatic rings. The van der Waals surface area contributed by atoms with Gasteiger partial charge in [0.05, 0.1) is 0 Å². The fourth-order valence-electron chi connectivity index (χ4n) is 1.50. The molecule has 29 heavy (non-hydrogen) atoms. The van der Waals surface area contributed by atoms with Crippen molar-refractivity contribution in [1.82, 2.24) is 0 Å². The number of carbonyl (C=O) groups excluding carboxylic acids is 2. The molecular weight excluding hydrogens is 448 g/mol. The van der Waals surface area contributed by atoms with Gasteiger partial charge in [-0.05, 0) is 6.42 Å². The Morgan fingerprint density at radius 2 is 0.897 bits per heavy atom. The highest BCUT2D eigenvalue weighted by molar-refractivity contribution is 5.72. The standard InChI is InChI=1S/C13H12F12O4/c14-8(12(20,21)22)10(16,17)4-28-6(26)2-1-3-7(27)29-5-11(18,19)9(15)13(23,24)25/h8-9H,1-5H2. The fraction of sp³-hybridized carbons (Fsp3) is 0.846. The van der Waals surface area contributed by atoms with E-state index in [1.807, 2.05) is 0 Å². The zero-order valence-electron chi connectivity index (χ0n) is 13.9. The number of carbonyl (C=O) groups is 2. The van der Waals surface area contributed by atoms with Crippen LogP contribution in [0.15, 0.2) is 0 Å². The second-order valence-corrected chi connectivity index (χ2v) is 5.51. The first kappa shape index (κ1) is 27.1. The summed E-state index contributed by atoms with van der Waals surface area (Å²) in [6, 6.07) is 0. The van der Waals surface area contributed by atoms with E-state index in [-0.39, 0.29) is 0 Å². The predicted molar refractivity (Wildman–Crippen MR) is 67.6 cm³/mol. The van der Waals surface area contributed by atoms with Crippen LogP contribution < -0.4 is 0 Å². The van der Waals surface area contributed by atoms with Gasteiger partial charge in [-0.25, -0.2) is 8.78 Å². The molecule has 0 N–H and O–H groups in total. The molecule has 4 nitrogen and oxygen atoms in total. The summed E-state index contributed by atoms with van der Waals surface area (Å²) < 4.78 is 155. The lowest BCUT2D eigenvalue weighted by molar-refractivity contribution is -0.254. The van der Waals surface area contributed by atoms with Crippen LogP contribution in [0.25, 0.3) is 0 Å². The third kappa shape index (κ3) is 9.43.